The molecular formula is C11H11NO3. The van der Waals surface area contributed by atoms with E-state index in [1.165, 1.54) is 12.2 Å². The molecule has 0 aromatic rings. The van der Waals surface area contributed by atoms with Gasteiger partial charge < -0.3 is 4.79 Å². The van der Waals surface area contributed by atoms with E-state index in [1.807, 2.05) is 0 Å². The summed E-state index contributed by atoms with van der Waals surface area (Å²) in [5.74, 6) is -0.846. The second-order valence-corrected chi connectivity index (χ2v) is 3.01. The molecule has 1 aliphatic heterocycles. The van der Waals surface area contributed by atoms with Crippen molar-refractivity contribution >= 4 is 18.1 Å². The molecular weight excluding hydrogens is 194 g/mol. The van der Waals surface area contributed by atoms with Crippen molar-refractivity contribution in [2.24, 2.45) is 0 Å². The van der Waals surface area contributed by atoms with E-state index in [1.54, 1.807) is 0 Å². The Kier molecular flexibility index (Phi) is 3.33. The van der Waals surface area contributed by atoms with E-state index < -0.39 is 11.8 Å². The van der Waals surface area contributed by atoms with Gasteiger partial charge in [-0.2, -0.15) is 0 Å². The van der Waals surface area contributed by atoms with Crippen molar-refractivity contribution in [1.82, 2.24) is 4.90 Å². The van der Waals surface area contributed by atoms with Crippen molar-refractivity contribution in [2.45, 2.75) is 6.42 Å². The number of rotatable bonds is 4. The zero-order valence-corrected chi connectivity index (χ0v) is 8.23. The summed E-state index contributed by atoms with van der Waals surface area (Å²) in [6.07, 6.45) is 3.68. The summed E-state index contributed by atoms with van der Waals surface area (Å²) in [4.78, 5) is 34.3. The minimum Gasteiger partial charge on any atom is -0.303 e. The number of carbonyl (C=O) groups is 3. The van der Waals surface area contributed by atoms with Crippen LogP contribution in [-0.2, 0) is 14.4 Å². The van der Waals surface area contributed by atoms with Gasteiger partial charge in [-0.05, 0) is 6.08 Å². The number of carbonyl (C=O) groups excluding carboxylic acids is 3. The molecule has 1 aliphatic rings. The molecule has 1 saturated heterocycles. The molecule has 0 unspecified atom stereocenters. The van der Waals surface area contributed by atoms with E-state index in [0.717, 1.165) is 4.90 Å². The van der Waals surface area contributed by atoms with Crippen LogP contribution in [0.3, 0.4) is 0 Å². The van der Waals surface area contributed by atoms with Gasteiger partial charge in [-0.3, -0.25) is 14.5 Å². The van der Waals surface area contributed by atoms with Crippen LogP contribution < -0.4 is 0 Å². The van der Waals surface area contributed by atoms with Crippen LogP contribution in [0, 0.1) is 0 Å². The predicted octanol–water partition coefficient (Wildman–Crippen LogP) is 0.613. The Morgan fingerprint density at radius 2 is 1.93 bits per heavy atom. The standard InChI is InChI=1S/C11H11NO3/c1-3-5-9-8(2)10(14)12(11(9)15)6-4-7-13/h3,5,7H,1-2,4,6H2/b9-5+. The van der Waals surface area contributed by atoms with E-state index in [2.05, 4.69) is 13.2 Å². The fraction of sp³-hybridized carbons (Fsp3) is 0.182. The first kappa shape index (κ1) is 11.1. The minimum atomic E-state index is -0.435. The number of hydrogen-bond donors (Lipinski definition) is 0. The highest BCUT2D eigenvalue weighted by molar-refractivity contribution is 6.24. The lowest BCUT2D eigenvalue weighted by Crippen LogP contribution is -2.30. The van der Waals surface area contributed by atoms with Gasteiger partial charge in [0, 0.05) is 18.5 Å². The van der Waals surface area contributed by atoms with Crippen LogP contribution in [0.25, 0.3) is 0 Å². The van der Waals surface area contributed by atoms with Crippen molar-refractivity contribution in [2.75, 3.05) is 6.54 Å². The summed E-state index contributed by atoms with van der Waals surface area (Å²) in [7, 11) is 0. The van der Waals surface area contributed by atoms with E-state index >= 15 is 0 Å². The lowest BCUT2D eigenvalue weighted by Gasteiger charge is -2.09. The molecule has 4 nitrogen and oxygen atoms in total. The predicted molar refractivity (Wildman–Crippen MR) is 54.8 cm³/mol. The Balaban J connectivity index is 2.95. The molecule has 0 aromatic carbocycles. The lowest BCUT2D eigenvalue weighted by molar-refractivity contribution is -0.136. The van der Waals surface area contributed by atoms with Crippen LogP contribution >= 0.6 is 0 Å². The summed E-state index contributed by atoms with van der Waals surface area (Å²) < 4.78 is 0. The molecule has 0 aliphatic carbocycles. The Labute approximate surface area is 87.6 Å². The van der Waals surface area contributed by atoms with Crippen molar-refractivity contribution < 1.29 is 14.4 Å². The highest BCUT2D eigenvalue weighted by Crippen LogP contribution is 2.23. The highest BCUT2D eigenvalue weighted by atomic mass is 16.2. The van der Waals surface area contributed by atoms with E-state index in [0.29, 0.717) is 6.29 Å². The first-order valence-electron chi connectivity index (χ1n) is 4.45. The number of imide groups is 1. The number of amides is 2. The number of likely N-dealkylation sites (tertiary alicyclic amines) is 1. The monoisotopic (exact) mass is 205 g/mol. The van der Waals surface area contributed by atoms with Gasteiger partial charge in [0.25, 0.3) is 11.8 Å². The third kappa shape index (κ3) is 1.93. The molecule has 0 aromatic heterocycles. The SMILES string of the molecule is C=C/C=C1\C(=C)C(=O)N(CCC=O)C1=O. The van der Waals surface area contributed by atoms with Gasteiger partial charge in [-0.25, -0.2) is 0 Å². The molecule has 0 N–H and O–H groups in total. The Hall–Kier alpha value is -1.97. The molecule has 1 fully saturated rings. The van der Waals surface area contributed by atoms with Crippen molar-refractivity contribution in [3.8, 4) is 0 Å². The molecule has 1 rings (SSSR count). The molecule has 15 heavy (non-hydrogen) atoms. The minimum absolute atomic E-state index is 0.106. The number of allylic oxidation sites excluding steroid dienone is 2. The lowest BCUT2D eigenvalue weighted by atomic mass is 10.1. The van der Waals surface area contributed by atoms with Gasteiger partial charge in [0.05, 0.1) is 5.57 Å². The number of nitrogens with zero attached hydrogens (tertiary/aromatic N) is 1. The zero-order valence-electron chi connectivity index (χ0n) is 8.23. The third-order valence-electron chi connectivity index (χ3n) is 2.06. The molecule has 0 spiro atoms. The molecule has 4 heteroatoms. The van der Waals surface area contributed by atoms with Crippen LogP contribution in [0.1, 0.15) is 6.42 Å². The third-order valence-corrected chi connectivity index (χ3v) is 2.06. The first-order chi connectivity index (χ1) is 7.13. The smallest absolute Gasteiger partial charge is 0.261 e. The molecule has 0 radical (unpaired) electrons. The summed E-state index contributed by atoms with van der Waals surface area (Å²) in [5, 5.41) is 0. The average molecular weight is 205 g/mol. The fourth-order valence-electron chi connectivity index (χ4n) is 1.32. The van der Waals surface area contributed by atoms with Crippen LogP contribution in [0.15, 0.2) is 36.5 Å². The molecule has 78 valence electrons. The summed E-state index contributed by atoms with van der Waals surface area (Å²) in [6, 6.07) is 0. The fourth-order valence-corrected chi connectivity index (χ4v) is 1.32. The van der Waals surface area contributed by atoms with Crippen molar-refractivity contribution in [3.63, 3.8) is 0 Å². The molecule has 0 saturated carbocycles. The summed E-state index contributed by atoms with van der Waals surface area (Å²) in [5.41, 5.74) is 0.409. The number of hydrogen-bond acceptors (Lipinski definition) is 3. The quantitative estimate of drug-likeness (QED) is 0.384. The van der Waals surface area contributed by atoms with Crippen LogP contribution in [0.4, 0.5) is 0 Å². The average Bonchev–Trinajstić information content (AvgIpc) is 2.42. The van der Waals surface area contributed by atoms with Gasteiger partial charge >= 0.3 is 0 Å². The summed E-state index contributed by atoms with van der Waals surface area (Å²) >= 11 is 0. The second kappa shape index (κ2) is 4.50. The Bertz CT molecular complexity index is 379. The van der Waals surface area contributed by atoms with E-state index in [4.69, 9.17) is 0 Å². The van der Waals surface area contributed by atoms with Gasteiger partial charge in [0.2, 0.25) is 0 Å². The maximum Gasteiger partial charge on any atom is 0.261 e. The molecule has 0 atom stereocenters. The van der Waals surface area contributed by atoms with Crippen LogP contribution in [0.5, 0.6) is 0 Å². The van der Waals surface area contributed by atoms with Crippen LogP contribution in [-0.4, -0.2) is 29.5 Å². The first-order valence-corrected chi connectivity index (χ1v) is 4.45. The topological polar surface area (TPSA) is 54.5 Å². The molecule has 0 bridgehead atoms. The van der Waals surface area contributed by atoms with E-state index in [-0.39, 0.29) is 24.1 Å². The van der Waals surface area contributed by atoms with Gasteiger partial charge in [-0.15, -0.1) is 0 Å². The highest BCUT2D eigenvalue weighted by Gasteiger charge is 2.36. The van der Waals surface area contributed by atoms with Gasteiger partial charge in [-0.1, -0.05) is 19.2 Å². The van der Waals surface area contributed by atoms with E-state index in [9.17, 15) is 14.4 Å². The maximum absolute atomic E-state index is 11.6. The normalized spacial score (nSPS) is 18.8. The van der Waals surface area contributed by atoms with Gasteiger partial charge in [0.15, 0.2) is 0 Å². The largest absolute Gasteiger partial charge is 0.303 e. The van der Waals surface area contributed by atoms with Gasteiger partial charge in [0.1, 0.15) is 6.29 Å². The maximum atomic E-state index is 11.6. The van der Waals surface area contributed by atoms with Crippen LogP contribution in [0.2, 0.25) is 0 Å². The second-order valence-electron chi connectivity index (χ2n) is 3.01. The Morgan fingerprint density at radius 1 is 1.27 bits per heavy atom. The summed E-state index contributed by atoms with van der Waals surface area (Å²) in [6.45, 7) is 7.08. The van der Waals surface area contributed by atoms with Crippen molar-refractivity contribution in [1.29, 1.82) is 0 Å². The number of aldehydes is 1. The van der Waals surface area contributed by atoms with Crippen molar-refractivity contribution in [3.05, 3.63) is 36.5 Å². The molecule has 2 amide bonds. The Morgan fingerprint density at radius 3 is 2.47 bits per heavy atom. The molecule has 1 heterocycles. The zero-order chi connectivity index (χ0) is 11.4.